The van der Waals surface area contributed by atoms with E-state index in [1.807, 2.05) is 43.3 Å². The highest BCUT2D eigenvalue weighted by molar-refractivity contribution is 5.94. The normalized spacial score (nSPS) is 11.4. The van der Waals surface area contributed by atoms with Gasteiger partial charge in [-0.3, -0.25) is 4.79 Å². The molecule has 23 heavy (non-hydrogen) atoms. The van der Waals surface area contributed by atoms with Crippen molar-refractivity contribution in [2.45, 2.75) is 20.0 Å². The minimum Gasteiger partial charge on any atom is -0.489 e. The lowest BCUT2D eigenvalue weighted by molar-refractivity contribution is -0.122. The monoisotopic (exact) mass is 311 g/mol. The first-order chi connectivity index (χ1) is 11.1. The number of rotatable bonds is 7. The Morgan fingerprint density at radius 3 is 2.70 bits per heavy atom. The summed E-state index contributed by atoms with van der Waals surface area (Å²) in [6.45, 7) is 7.72. The molecule has 1 amide bonds. The minimum absolute atomic E-state index is 0.215. The molecule has 4 heteroatoms. The smallest absolute Gasteiger partial charge is 0.265 e. The maximum absolute atomic E-state index is 12.2. The Balaban J connectivity index is 1.96. The number of amides is 1. The molecule has 0 bridgehead atoms. The van der Waals surface area contributed by atoms with Gasteiger partial charge < -0.3 is 14.8 Å². The molecule has 2 aromatic carbocycles. The van der Waals surface area contributed by atoms with Crippen molar-refractivity contribution in [2.75, 3.05) is 11.9 Å². The Hall–Kier alpha value is -2.75. The van der Waals surface area contributed by atoms with Crippen molar-refractivity contribution in [1.29, 1.82) is 0 Å². The third-order valence-corrected chi connectivity index (χ3v) is 3.14. The molecule has 0 aliphatic heterocycles. The maximum Gasteiger partial charge on any atom is 0.265 e. The summed E-state index contributed by atoms with van der Waals surface area (Å²) in [7, 11) is 0. The van der Waals surface area contributed by atoms with Crippen LogP contribution in [-0.2, 0) is 4.79 Å². The Kier molecular flexibility index (Phi) is 5.80. The van der Waals surface area contributed by atoms with Gasteiger partial charge in [0.25, 0.3) is 5.91 Å². The zero-order valence-corrected chi connectivity index (χ0v) is 13.4. The lowest BCUT2D eigenvalue weighted by atomic mass is 10.2. The molecule has 1 atom stereocenters. The molecule has 0 saturated heterocycles. The summed E-state index contributed by atoms with van der Waals surface area (Å²) in [5.41, 5.74) is 1.75. The highest BCUT2D eigenvalue weighted by atomic mass is 16.5. The predicted octanol–water partition coefficient (Wildman–Crippen LogP) is 3.97. The molecular formula is C19H21NO3. The first-order valence-corrected chi connectivity index (χ1v) is 7.46. The quantitative estimate of drug-likeness (QED) is 0.787. The number of benzene rings is 2. The van der Waals surface area contributed by atoms with E-state index in [2.05, 4.69) is 11.9 Å². The standard InChI is InChI=1S/C19H21NO3/c1-4-11-22-17-9-6-8-16(13-17)20-19(21)15(3)23-18-10-5-7-14(2)12-18/h4-10,12-13,15H,1,11H2,2-3H3,(H,20,21). The molecular weight excluding hydrogens is 290 g/mol. The summed E-state index contributed by atoms with van der Waals surface area (Å²) in [6.07, 6.45) is 1.07. The van der Waals surface area contributed by atoms with Crippen molar-refractivity contribution in [3.8, 4) is 11.5 Å². The molecule has 0 aliphatic rings. The molecule has 0 saturated carbocycles. The molecule has 2 aromatic rings. The molecule has 0 aromatic heterocycles. The number of aryl methyl sites for hydroxylation is 1. The van der Waals surface area contributed by atoms with Crippen LogP contribution in [-0.4, -0.2) is 18.6 Å². The molecule has 1 unspecified atom stereocenters. The third kappa shape index (κ3) is 5.18. The summed E-state index contributed by atoms with van der Waals surface area (Å²) >= 11 is 0. The second-order valence-corrected chi connectivity index (χ2v) is 5.19. The number of hydrogen-bond acceptors (Lipinski definition) is 3. The Morgan fingerprint density at radius 2 is 1.96 bits per heavy atom. The SMILES string of the molecule is C=CCOc1cccc(NC(=O)C(C)Oc2cccc(C)c2)c1. The van der Waals surface area contributed by atoms with E-state index in [1.54, 1.807) is 25.1 Å². The average molecular weight is 311 g/mol. The van der Waals surface area contributed by atoms with E-state index in [1.165, 1.54) is 0 Å². The first kappa shape index (κ1) is 16.6. The van der Waals surface area contributed by atoms with Gasteiger partial charge in [-0.2, -0.15) is 0 Å². The third-order valence-electron chi connectivity index (χ3n) is 3.14. The highest BCUT2D eigenvalue weighted by Gasteiger charge is 2.15. The largest absolute Gasteiger partial charge is 0.489 e. The average Bonchev–Trinajstić information content (AvgIpc) is 2.53. The van der Waals surface area contributed by atoms with Gasteiger partial charge >= 0.3 is 0 Å². The predicted molar refractivity (Wildman–Crippen MR) is 92.0 cm³/mol. The molecule has 120 valence electrons. The van der Waals surface area contributed by atoms with E-state index in [0.29, 0.717) is 23.8 Å². The van der Waals surface area contributed by atoms with Gasteiger partial charge in [0.05, 0.1) is 0 Å². The van der Waals surface area contributed by atoms with E-state index in [-0.39, 0.29) is 5.91 Å². The van der Waals surface area contributed by atoms with E-state index in [4.69, 9.17) is 9.47 Å². The summed E-state index contributed by atoms with van der Waals surface area (Å²) < 4.78 is 11.1. The van der Waals surface area contributed by atoms with E-state index in [0.717, 1.165) is 5.56 Å². The molecule has 1 N–H and O–H groups in total. The van der Waals surface area contributed by atoms with E-state index in [9.17, 15) is 4.79 Å². The van der Waals surface area contributed by atoms with E-state index >= 15 is 0 Å². The van der Waals surface area contributed by atoms with Crippen molar-refractivity contribution < 1.29 is 14.3 Å². The van der Waals surface area contributed by atoms with Crippen LogP contribution in [0.25, 0.3) is 0 Å². The zero-order chi connectivity index (χ0) is 16.7. The fourth-order valence-corrected chi connectivity index (χ4v) is 2.01. The lowest BCUT2D eigenvalue weighted by Gasteiger charge is -2.15. The molecule has 4 nitrogen and oxygen atoms in total. The van der Waals surface area contributed by atoms with Gasteiger partial charge in [-0.15, -0.1) is 0 Å². The fourth-order valence-electron chi connectivity index (χ4n) is 2.01. The van der Waals surface area contributed by atoms with E-state index < -0.39 is 6.10 Å². The van der Waals surface area contributed by atoms with Gasteiger partial charge in [-0.1, -0.05) is 30.9 Å². The zero-order valence-electron chi connectivity index (χ0n) is 13.4. The molecule has 0 aliphatic carbocycles. The van der Waals surface area contributed by atoms with Crippen molar-refractivity contribution in [3.05, 3.63) is 66.7 Å². The first-order valence-electron chi connectivity index (χ1n) is 7.46. The van der Waals surface area contributed by atoms with Gasteiger partial charge in [0.2, 0.25) is 0 Å². The lowest BCUT2D eigenvalue weighted by Crippen LogP contribution is -2.30. The summed E-state index contributed by atoms with van der Waals surface area (Å²) in [5, 5.41) is 2.82. The van der Waals surface area contributed by atoms with Crippen LogP contribution in [0.1, 0.15) is 12.5 Å². The van der Waals surface area contributed by atoms with Gasteiger partial charge in [-0.25, -0.2) is 0 Å². The second-order valence-electron chi connectivity index (χ2n) is 5.19. The van der Waals surface area contributed by atoms with Gasteiger partial charge in [-0.05, 0) is 43.7 Å². The molecule has 0 heterocycles. The second kappa shape index (κ2) is 8.03. The minimum atomic E-state index is -0.602. The van der Waals surface area contributed by atoms with Crippen LogP contribution in [0.4, 0.5) is 5.69 Å². The topological polar surface area (TPSA) is 47.6 Å². The van der Waals surface area contributed by atoms with Crippen LogP contribution in [0, 0.1) is 6.92 Å². The number of carbonyl (C=O) groups excluding carboxylic acids is 1. The number of anilines is 1. The van der Waals surface area contributed by atoms with Crippen LogP contribution in [0.5, 0.6) is 11.5 Å². The fraction of sp³-hybridized carbons (Fsp3) is 0.211. The van der Waals surface area contributed by atoms with Crippen LogP contribution in [0.3, 0.4) is 0 Å². The van der Waals surface area contributed by atoms with Gasteiger partial charge in [0, 0.05) is 11.8 Å². The van der Waals surface area contributed by atoms with Gasteiger partial charge in [0.1, 0.15) is 18.1 Å². The van der Waals surface area contributed by atoms with Crippen LogP contribution < -0.4 is 14.8 Å². The molecule has 0 fully saturated rings. The van der Waals surface area contributed by atoms with Crippen molar-refractivity contribution in [3.63, 3.8) is 0 Å². The number of ether oxygens (including phenoxy) is 2. The number of nitrogens with one attached hydrogen (secondary N) is 1. The Bertz CT molecular complexity index is 682. The Morgan fingerprint density at radius 1 is 1.22 bits per heavy atom. The molecule has 0 spiro atoms. The van der Waals surface area contributed by atoms with Crippen molar-refractivity contribution >= 4 is 11.6 Å². The number of hydrogen-bond donors (Lipinski definition) is 1. The van der Waals surface area contributed by atoms with Crippen LogP contribution in [0.15, 0.2) is 61.2 Å². The summed E-state index contributed by atoms with van der Waals surface area (Å²) in [6, 6.07) is 14.8. The van der Waals surface area contributed by atoms with Gasteiger partial charge in [0.15, 0.2) is 6.10 Å². The molecule has 0 radical (unpaired) electrons. The Labute approximate surface area is 136 Å². The highest BCUT2D eigenvalue weighted by Crippen LogP contribution is 2.19. The summed E-state index contributed by atoms with van der Waals surface area (Å²) in [4.78, 5) is 12.2. The summed E-state index contributed by atoms with van der Waals surface area (Å²) in [5.74, 6) is 1.14. The van der Waals surface area contributed by atoms with Crippen molar-refractivity contribution in [2.24, 2.45) is 0 Å². The maximum atomic E-state index is 12.2. The number of carbonyl (C=O) groups is 1. The molecule has 2 rings (SSSR count). The van der Waals surface area contributed by atoms with Crippen LogP contribution >= 0.6 is 0 Å². The van der Waals surface area contributed by atoms with Crippen LogP contribution in [0.2, 0.25) is 0 Å². The van der Waals surface area contributed by atoms with Crippen molar-refractivity contribution in [1.82, 2.24) is 0 Å².